The van der Waals surface area contributed by atoms with Crippen molar-refractivity contribution in [2.75, 3.05) is 26.2 Å². The zero-order valence-electron chi connectivity index (χ0n) is 9.47. The fourth-order valence-electron chi connectivity index (χ4n) is 2.81. The van der Waals surface area contributed by atoms with E-state index in [9.17, 15) is 0 Å². The van der Waals surface area contributed by atoms with Gasteiger partial charge in [0.25, 0.3) is 0 Å². The first-order valence-corrected chi connectivity index (χ1v) is 6.31. The van der Waals surface area contributed by atoms with Gasteiger partial charge in [0.15, 0.2) is 0 Å². The molecule has 0 aliphatic carbocycles. The van der Waals surface area contributed by atoms with Gasteiger partial charge >= 0.3 is 0 Å². The molecule has 0 aromatic heterocycles. The summed E-state index contributed by atoms with van der Waals surface area (Å²) in [5.74, 6) is 0.926. The standard InChI is InChI=1S/C12H24N2/c1-11-5-3-2-4-8-14(11)10-12-6-7-13-9-12/h11-13H,2-10H2,1H3/t11?,12-/m0/s1. The predicted octanol–water partition coefficient (Wildman–Crippen LogP) is 1.86. The molecule has 2 aliphatic heterocycles. The predicted molar refractivity (Wildman–Crippen MR) is 60.5 cm³/mol. The van der Waals surface area contributed by atoms with Crippen LogP contribution < -0.4 is 5.32 Å². The normalized spacial score (nSPS) is 35.8. The zero-order chi connectivity index (χ0) is 9.80. The molecule has 2 rings (SSSR count). The second-order valence-electron chi connectivity index (χ2n) is 5.05. The van der Waals surface area contributed by atoms with Crippen molar-refractivity contribution in [3.05, 3.63) is 0 Å². The molecule has 0 spiro atoms. The SMILES string of the molecule is CC1CCCCCN1C[C@H]1CCNC1. The van der Waals surface area contributed by atoms with Crippen LogP contribution in [0.25, 0.3) is 0 Å². The van der Waals surface area contributed by atoms with Crippen molar-refractivity contribution in [1.82, 2.24) is 10.2 Å². The molecule has 0 aromatic rings. The maximum absolute atomic E-state index is 3.47. The highest BCUT2D eigenvalue weighted by Crippen LogP contribution is 2.19. The Morgan fingerprint density at radius 3 is 2.93 bits per heavy atom. The lowest BCUT2D eigenvalue weighted by atomic mass is 10.1. The molecule has 82 valence electrons. The molecule has 2 aliphatic rings. The lowest BCUT2D eigenvalue weighted by Crippen LogP contribution is -2.37. The first-order chi connectivity index (χ1) is 6.86. The van der Waals surface area contributed by atoms with E-state index in [-0.39, 0.29) is 0 Å². The third-order valence-corrected chi connectivity index (χ3v) is 3.85. The fraction of sp³-hybridized carbons (Fsp3) is 1.00. The Morgan fingerprint density at radius 2 is 2.14 bits per heavy atom. The molecule has 0 aromatic carbocycles. The molecule has 1 N–H and O–H groups in total. The summed E-state index contributed by atoms with van der Waals surface area (Å²) in [7, 11) is 0. The van der Waals surface area contributed by atoms with Crippen LogP contribution in [0.1, 0.15) is 39.0 Å². The molecule has 0 bridgehead atoms. The van der Waals surface area contributed by atoms with Gasteiger partial charge < -0.3 is 10.2 Å². The summed E-state index contributed by atoms with van der Waals surface area (Å²) in [6.07, 6.45) is 7.12. The minimum atomic E-state index is 0.832. The van der Waals surface area contributed by atoms with Gasteiger partial charge in [-0.3, -0.25) is 0 Å². The van der Waals surface area contributed by atoms with E-state index in [1.807, 2.05) is 0 Å². The van der Waals surface area contributed by atoms with Gasteiger partial charge in [-0.25, -0.2) is 0 Å². The summed E-state index contributed by atoms with van der Waals surface area (Å²) in [5.41, 5.74) is 0. The van der Waals surface area contributed by atoms with Crippen molar-refractivity contribution in [1.29, 1.82) is 0 Å². The molecule has 1 unspecified atom stereocenters. The number of hydrogen-bond acceptors (Lipinski definition) is 2. The summed E-state index contributed by atoms with van der Waals surface area (Å²) < 4.78 is 0. The highest BCUT2D eigenvalue weighted by molar-refractivity contribution is 4.78. The van der Waals surface area contributed by atoms with Gasteiger partial charge in [-0.1, -0.05) is 12.8 Å². The number of rotatable bonds is 2. The third kappa shape index (κ3) is 2.71. The smallest absolute Gasteiger partial charge is 0.00670 e. The number of nitrogens with zero attached hydrogens (tertiary/aromatic N) is 1. The molecule has 2 atom stereocenters. The molecule has 2 heterocycles. The van der Waals surface area contributed by atoms with E-state index in [2.05, 4.69) is 17.1 Å². The van der Waals surface area contributed by atoms with Crippen LogP contribution in [0.4, 0.5) is 0 Å². The molecule has 0 saturated carbocycles. The van der Waals surface area contributed by atoms with Crippen molar-refractivity contribution in [3.63, 3.8) is 0 Å². The van der Waals surface area contributed by atoms with E-state index in [0.717, 1.165) is 12.0 Å². The van der Waals surface area contributed by atoms with Crippen molar-refractivity contribution in [2.24, 2.45) is 5.92 Å². The van der Waals surface area contributed by atoms with Gasteiger partial charge in [-0.2, -0.15) is 0 Å². The molecule has 0 radical (unpaired) electrons. The first kappa shape index (κ1) is 10.4. The summed E-state index contributed by atoms with van der Waals surface area (Å²) in [4.78, 5) is 2.73. The Kier molecular flexibility index (Phi) is 3.82. The van der Waals surface area contributed by atoms with Crippen LogP contribution in [0.3, 0.4) is 0 Å². The van der Waals surface area contributed by atoms with E-state index in [4.69, 9.17) is 0 Å². The summed E-state index contributed by atoms with van der Waals surface area (Å²) in [5, 5.41) is 3.47. The average molecular weight is 196 g/mol. The van der Waals surface area contributed by atoms with Gasteiger partial charge in [-0.05, 0) is 51.7 Å². The van der Waals surface area contributed by atoms with Crippen molar-refractivity contribution >= 4 is 0 Å². The zero-order valence-corrected chi connectivity index (χ0v) is 9.47. The maximum Gasteiger partial charge on any atom is 0.00670 e. The Labute approximate surface area is 88.1 Å². The van der Waals surface area contributed by atoms with Crippen LogP contribution >= 0.6 is 0 Å². The van der Waals surface area contributed by atoms with Crippen LogP contribution in [-0.2, 0) is 0 Å². The second kappa shape index (κ2) is 5.13. The number of nitrogens with one attached hydrogen (secondary N) is 1. The minimum absolute atomic E-state index is 0.832. The van der Waals surface area contributed by atoms with Crippen LogP contribution in [0.15, 0.2) is 0 Å². The Bertz CT molecular complexity index is 164. The van der Waals surface area contributed by atoms with Crippen LogP contribution in [0, 0.1) is 5.92 Å². The lowest BCUT2D eigenvalue weighted by molar-refractivity contribution is 0.185. The summed E-state index contributed by atoms with van der Waals surface area (Å²) in [6.45, 7) is 7.59. The third-order valence-electron chi connectivity index (χ3n) is 3.85. The lowest BCUT2D eigenvalue weighted by Gasteiger charge is -2.29. The van der Waals surface area contributed by atoms with Crippen molar-refractivity contribution < 1.29 is 0 Å². The maximum atomic E-state index is 3.47. The van der Waals surface area contributed by atoms with E-state index in [1.165, 1.54) is 58.3 Å². The molecule has 2 fully saturated rings. The van der Waals surface area contributed by atoms with Gasteiger partial charge in [0.05, 0.1) is 0 Å². The van der Waals surface area contributed by atoms with Crippen molar-refractivity contribution in [3.8, 4) is 0 Å². The highest BCUT2D eigenvalue weighted by Gasteiger charge is 2.22. The average Bonchev–Trinajstić information content (AvgIpc) is 2.60. The molecule has 2 saturated heterocycles. The van der Waals surface area contributed by atoms with E-state index in [0.29, 0.717) is 0 Å². The fourth-order valence-corrected chi connectivity index (χ4v) is 2.81. The topological polar surface area (TPSA) is 15.3 Å². The highest BCUT2D eigenvalue weighted by atomic mass is 15.2. The van der Waals surface area contributed by atoms with E-state index in [1.54, 1.807) is 0 Å². The summed E-state index contributed by atoms with van der Waals surface area (Å²) in [6, 6.07) is 0.832. The monoisotopic (exact) mass is 196 g/mol. The quantitative estimate of drug-likeness (QED) is 0.725. The van der Waals surface area contributed by atoms with Gasteiger partial charge in [-0.15, -0.1) is 0 Å². The Balaban J connectivity index is 1.81. The molecular weight excluding hydrogens is 172 g/mol. The van der Waals surface area contributed by atoms with Gasteiger partial charge in [0, 0.05) is 12.6 Å². The molecule has 2 heteroatoms. The van der Waals surface area contributed by atoms with Gasteiger partial charge in [0.2, 0.25) is 0 Å². The minimum Gasteiger partial charge on any atom is -0.316 e. The molecular formula is C12H24N2. The van der Waals surface area contributed by atoms with Crippen LogP contribution in [0.2, 0.25) is 0 Å². The molecule has 0 amide bonds. The van der Waals surface area contributed by atoms with Gasteiger partial charge in [0.1, 0.15) is 0 Å². The number of likely N-dealkylation sites (tertiary alicyclic amines) is 1. The second-order valence-corrected chi connectivity index (χ2v) is 5.05. The Morgan fingerprint density at radius 1 is 1.21 bits per heavy atom. The first-order valence-electron chi connectivity index (χ1n) is 6.31. The van der Waals surface area contributed by atoms with E-state index >= 15 is 0 Å². The molecule has 2 nitrogen and oxygen atoms in total. The summed E-state index contributed by atoms with van der Waals surface area (Å²) >= 11 is 0. The van der Waals surface area contributed by atoms with E-state index < -0.39 is 0 Å². The van der Waals surface area contributed by atoms with Crippen molar-refractivity contribution in [2.45, 2.75) is 45.1 Å². The van der Waals surface area contributed by atoms with Crippen LogP contribution in [0.5, 0.6) is 0 Å². The number of hydrogen-bond donors (Lipinski definition) is 1. The van der Waals surface area contributed by atoms with Crippen LogP contribution in [-0.4, -0.2) is 37.1 Å². The largest absolute Gasteiger partial charge is 0.316 e. The Hall–Kier alpha value is -0.0800. The molecule has 14 heavy (non-hydrogen) atoms.